The summed E-state index contributed by atoms with van der Waals surface area (Å²) in [6.07, 6.45) is 7.67. The van der Waals surface area contributed by atoms with Gasteiger partial charge >= 0.3 is 5.97 Å². The van der Waals surface area contributed by atoms with Crippen LogP contribution in [0.2, 0.25) is 0 Å². The summed E-state index contributed by atoms with van der Waals surface area (Å²) in [6, 6.07) is 0. The van der Waals surface area contributed by atoms with Crippen LogP contribution < -0.4 is 0 Å². The molecule has 0 amide bonds. The summed E-state index contributed by atoms with van der Waals surface area (Å²) in [6.45, 7) is 6.80. The largest absolute Gasteiger partial charge is 0.481 e. The molecule has 2 aliphatic rings. The molecule has 2 fully saturated rings. The van der Waals surface area contributed by atoms with E-state index in [0.29, 0.717) is 23.7 Å². The Morgan fingerprint density at radius 3 is 2.28 bits per heavy atom. The zero-order valence-electron chi connectivity index (χ0n) is 12.1. The van der Waals surface area contributed by atoms with Gasteiger partial charge < -0.3 is 5.11 Å². The van der Waals surface area contributed by atoms with Crippen LogP contribution in [0.1, 0.15) is 65.7 Å². The first-order valence-electron chi connectivity index (χ1n) is 7.71. The van der Waals surface area contributed by atoms with Crippen LogP contribution in [0.5, 0.6) is 0 Å². The lowest BCUT2D eigenvalue weighted by atomic mass is 9.63. The molecule has 0 radical (unpaired) electrons. The van der Waals surface area contributed by atoms with E-state index in [1.54, 1.807) is 0 Å². The van der Waals surface area contributed by atoms with E-state index in [4.69, 9.17) is 0 Å². The summed E-state index contributed by atoms with van der Waals surface area (Å²) in [4.78, 5) is 11.9. The van der Waals surface area contributed by atoms with Crippen molar-refractivity contribution in [2.24, 2.45) is 29.1 Å². The molecule has 1 N–H and O–H groups in total. The van der Waals surface area contributed by atoms with Gasteiger partial charge in [-0.2, -0.15) is 0 Å². The van der Waals surface area contributed by atoms with Crippen molar-refractivity contribution in [2.45, 2.75) is 65.7 Å². The number of aliphatic carboxylic acids is 1. The maximum atomic E-state index is 11.9. The molecule has 2 heteroatoms. The van der Waals surface area contributed by atoms with Crippen LogP contribution in [0.3, 0.4) is 0 Å². The lowest BCUT2D eigenvalue weighted by molar-refractivity contribution is -0.154. The second-order valence-electron chi connectivity index (χ2n) is 7.09. The van der Waals surface area contributed by atoms with Crippen molar-refractivity contribution in [2.75, 3.05) is 0 Å². The molecule has 0 saturated heterocycles. The van der Waals surface area contributed by atoms with Crippen LogP contribution in [0.15, 0.2) is 0 Å². The number of carbonyl (C=O) groups is 1. The smallest absolute Gasteiger partial charge is 0.309 e. The van der Waals surface area contributed by atoms with E-state index in [0.717, 1.165) is 38.5 Å². The first-order chi connectivity index (χ1) is 8.48. The highest BCUT2D eigenvalue weighted by atomic mass is 16.4. The van der Waals surface area contributed by atoms with Crippen molar-refractivity contribution in [3.05, 3.63) is 0 Å². The molecule has 4 atom stereocenters. The zero-order chi connectivity index (χ0) is 13.3. The summed E-state index contributed by atoms with van der Waals surface area (Å²) in [5, 5.41) is 9.80. The first-order valence-corrected chi connectivity index (χ1v) is 7.71. The highest BCUT2D eigenvalue weighted by molar-refractivity contribution is 5.75. The second kappa shape index (κ2) is 5.22. The van der Waals surface area contributed by atoms with Crippen molar-refractivity contribution < 1.29 is 9.90 Å². The van der Waals surface area contributed by atoms with Crippen molar-refractivity contribution in [3.8, 4) is 0 Å². The summed E-state index contributed by atoms with van der Waals surface area (Å²) >= 11 is 0. The molecule has 0 aromatic rings. The van der Waals surface area contributed by atoms with E-state index in [1.807, 2.05) is 0 Å². The van der Waals surface area contributed by atoms with E-state index in [1.165, 1.54) is 6.42 Å². The van der Waals surface area contributed by atoms with Crippen LogP contribution in [-0.4, -0.2) is 11.1 Å². The lowest BCUT2D eigenvalue weighted by Crippen LogP contribution is -2.40. The van der Waals surface area contributed by atoms with Crippen molar-refractivity contribution >= 4 is 5.97 Å². The maximum absolute atomic E-state index is 11.9. The van der Waals surface area contributed by atoms with Crippen LogP contribution in [0.25, 0.3) is 0 Å². The molecular weight excluding hydrogens is 224 g/mol. The van der Waals surface area contributed by atoms with Gasteiger partial charge in [0.15, 0.2) is 0 Å². The summed E-state index contributed by atoms with van der Waals surface area (Å²) in [7, 11) is 0. The highest BCUT2D eigenvalue weighted by Gasteiger charge is 2.51. The van der Waals surface area contributed by atoms with Gasteiger partial charge in [0, 0.05) is 0 Å². The molecule has 0 aliphatic heterocycles. The molecule has 104 valence electrons. The van der Waals surface area contributed by atoms with Crippen LogP contribution in [0.4, 0.5) is 0 Å². The van der Waals surface area contributed by atoms with E-state index < -0.39 is 5.97 Å². The molecule has 2 aliphatic carbocycles. The molecule has 0 aromatic heterocycles. The quantitative estimate of drug-likeness (QED) is 0.811. The fourth-order valence-corrected chi connectivity index (χ4v) is 4.67. The lowest BCUT2D eigenvalue weighted by Gasteiger charge is -2.41. The predicted octanol–water partition coefficient (Wildman–Crippen LogP) is 4.34. The summed E-state index contributed by atoms with van der Waals surface area (Å²) in [5.41, 5.74) is -0.385. The van der Waals surface area contributed by atoms with Crippen molar-refractivity contribution in [1.29, 1.82) is 0 Å². The summed E-state index contributed by atoms with van der Waals surface area (Å²) < 4.78 is 0. The maximum Gasteiger partial charge on any atom is 0.309 e. The summed E-state index contributed by atoms with van der Waals surface area (Å²) in [5.74, 6) is 1.97. The molecule has 4 unspecified atom stereocenters. The van der Waals surface area contributed by atoms with Crippen molar-refractivity contribution in [1.82, 2.24) is 0 Å². The standard InChI is InChI=1S/C16H28O2/c1-4-13-5-6-16(10-13,15(17)18)14-8-11(2)7-12(3)9-14/h11-14H,4-10H2,1-3H3,(H,17,18). The Balaban J connectivity index is 2.18. The van der Waals surface area contributed by atoms with Gasteiger partial charge in [0.05, 0.1) is 5.41 Å². The van der Waals surface area contributed by atoms with Crippen LogP contribution in [0, 0.1) is 29.1 Å². The first kappa shape index (κ1) is 13.9. The molecule has 18 heavy (non-hydrogen) atoms. The van der Waals surface area contributed by atoms with Gasteiger partial charge in [0.2, 0.25) is 0 Å². The molecule has 2 rings (SSSR count). The Bertz CT molecular complexity index is 302. The third kappa shape index (κ3) is 2.44. The third-order valence-corrected chi connectivity index (χ3v) is 5.61. The average molecular weight is 252 g/mol. The normalized spacial score (nSPS) is 45.1. The molecule has 0 bridgehead atoms. The Labute approximate surface area is 111 Å². The van der Waals surface area contributed by atoms with Gasteiger partial charge in [-0.05, 0) is 62.2 Å². The molecule has 2 saturated carbocycles. The van der Waals surface area contributed by atoms with Gasteiger partial charge in [0.1, 0.15) is 0 Å². The Morgan fingerprint density at radius 2 is 1.83 bits per heavy atom. The Kier molecular flexibility index (Phi) is 4.03. The number of hydrogen-bond acceptors (Lipinski definition) is 1. The van der Waals surface area contributed by atoms with E-state index in [-0.39, 0.29) is 5.41 Å². The Hall–Kier alpha value is -0.530. The van der Waals surface area contributed by atoms with Gasteiger partial charge in [-0.3, -0.25) is 4.79 Å². The fraction of sp³-hybridized carbons (Fsp3) is 0.938. The van der Waals surface area contributed by atoms with E-state index in [9.17, 15) is 9.90 Å². The average Bonchev–Trinajstić information content (AvgIpc) is 2.73. The molecule has 0 spiro atoms. The van der Waals surface area contributed by atoms with E-state index >= 15 is 0 Å². The second-order valence-corrected chi connectivity index (χ2v) is 7.09. The van der Waals surface area contributed by atoms with Gasteiger partial charge in [-0.15, -0.1) is 0 Å². The van der Waals surface area contributed by atoms with Gasteiger partial charge in [-0.25, -0.2) is 0 Å². The number of hydrogen-bond donors (Lipinski definition) is 1. The van der Waals surface area contributed by atoms with Crippen LogP contribution in [-0.2, 0) is 4.79 Å². The van der Waals surface area contributed by atoms with Gasteiger partial charge in [-0.1, -0.05) is 27.2 Å². The minimum atomic E-state index is -0.509. The van der Waals surface area contributed by atoms with E-state index in [2.05, 4.69) is 20.8 Å². The molecular formula is C16H28O2. The Morgan fingerprint density at radius 1 is 1.22 bits per heavy atom. The number of carboxylic acids is 1. The minimum Gasteiger partial charge on any atom is -0.481 e. The van der Waals surface area contributed by atoms with Crippen LogP contribution >= 0.6 is 0 Å². The third-order valence-electron chi connectivity index (χ3n) is 5.61. The molecule has 0 aromatic carbocycles. The highest BCUT2D eigenvalue weighted by Crippen LogP contribution is 2.54. The van der Waals surface area contributed by atoms with Crippen molar-refractivity contribution in [3.63, 3.8) is 0 Å². The molecule has 0 heterocycles. The fourth-order valence-electron chi connectivity index (χ4n) is 4.67. The monoisotopic (exact) mass is 252 g/mol. The predicted molar refractivity (Wildman–Crippen MR) is 73.4 cm³/mol. The SMILES string of the molecule is CCC1CCC(C(=O)O)(C2CC(C)CC(C)C2)C1. The number of rotatable bonds is 3. The minimum absolute atomic E-state index is 0.385. The topological polar surface area (TPSA) is 37.3 Å². The number of carboxylic acid groups (broad SMARTS) is 1. The van der Waals surface area contributed by atoms with Gasteiger partial charge in [0.25, 0.3) is 0 Å². The molecule has 2 nitrogen and oxygen atoms in total. The zero-order valence-corrected chi connectivity index (χ0v) is 12.1.